The number of ether oxygens (including phenoxy) is 1. The summed E-state index contributed by atoms with van der Waals surface area (Å²) in [6.45, 7) is 0. The van der Waals surface area contributed by atoms with Gasteiger partial charge in [0.05, 0.1) is 18.7 Å². The van der Waals surface area contributed by atoms with Gasteiger partial charge in [0.15, 0.2) is 0 Å². The molecule has 128 valence electrons. The Kier molecular flexibility index (Phi) is 4.04. The van der Waals surface area contributed by atoms with Crippen LogP contribution in [0.4, 0.5) is 5.69 Å². The number of nitrogens with one attached hydrogen (secondary N) is 1. The lowest BCUT2D eigenvalue weighted by molar-refractivity contribution is 0.0696. The van der Waals surface area contributed by atoms with Crippen LogP contribution >= 0.6 is 15.9 Å². The second kappa shape index (κ2) is 6.23. The topological polar surface area (TPSA) is 58.6 Å². The highest BCUT2D eigenvalue weighted by Crippen LogP contribution is 2.51. The average Bonchev–Trinajstić information content (AvgIpc) is 3.10. The summed E-state index contributed by atoms with van der Waals surface area (Å²) >= 11 is 3.56. The summed E-state index contributed by atoms with van der Waals surface area (Å²) in [4.78, 5) is 11.3. The van der Waals surface area contributed by atoms with E-state index < -0.39 is 5.97 Å². The van der Waals surface area contributed by atoms with Crippen LogP contribution in [-0.2, 0) is 0 Å². The van der Waals surface area contributed by atoms with Crippen LogP contribution in [-0.4, -0.2) is 18.2 Å². The molecular formula is C20H18BrNO3. The summed E-state index contributed by atoms with van der Waals surface area (Å²) in [5.41, 5.74) is 3.50. The van der Waals surface area contributed by atoms with Crippen molar-refractivity contribution in [2.75, 3.05) is 12.4 Å². The van der Waals surface area contributed by atoms with Crippen molar-refractivity contribution in [3.8, 4) is 5.75 Å². The molecule has 5 heteroatoms. The molecule has 2 N–H and O–H groups in total. The molecule has 0 unspecified atom stereocenters. The quantitative estimate of drug-likeness (QED) is 0.714. The third-order valence-electron chi connectivity index (χ3n) is 5.14. The molecular weight excluding hydrogens is 382 g/mol. The van der Waals surface area contributed by atoms with Crippen molar-refractivity contribution < 1.29 is 14.6 Å². The van der Waals surface area contributed by atoms with E-state index in [9.17, 15) is 9.90 Å². The number of methoxy groups -OCH3 is 1. The molecule has 0 amide bonds. The van der Waals surface area contributed by atoms with Crippen molar-refractivity contribution in [2.45, 2.75) is 18.4 Å². The molecule has 0 fully saturated rings. The van der Waals surface area contributed by atoms with E-state index in [0.29, 0.717) is 11.5 Å². The summed E-state index contributed by atoms with van der Waals surface area (Å²) < 4.78 is 6.60. The molecule has 0 aromatic heterocycles. The van der Waals surface area contributed by atoms with Gasteiger partial charge in [0.1, 0.15) is 5.75 Å². The Morgan fingerprint density at radius 1 is 1.24 bits per heavy atom. The van der Waals surface area contributed by atoms with Gasteiger partial charge in [0.25, 0.3) is 0 Å². The number of halogens is 1. The zero-order valence-electron chi connectivity index (χ0n) is 13.7. The van der Waals surface area contributed by atoms with E-state index in [1.165, 1.54) is 0 Å². The van der Waals surface area contributed by atoms with E-state index in [0.717, 1.165) is 33.5 Å². The third kappa shape index (κ3) is 2.72. The highest BCUT2D eigenvalue weighted by Gasteiger charge is 2.39. The van der Waals surface area contributed by atoms with E-state index in [1.807, 2.05) is 18.2 Å². The first kappa shape index (κ1) is 16.2. The van der Waals surface area contributed by atoms with Crippen LogP contribution < -0.4 is 10.1 Å². The Morgan fingerprint density at radius 2 is 2.08 bits per heavy atom. The van der Waals surface area contributed by atoms with Crippen LogP contribution in [0.3, 0.4) is 0 Å². The molecule has 3 atom stereocenters. The second-order valence-corrected chi connectivity index (χ2v) is 7.38. The minimum atomic E-state index is -0.892. The molecule has 0 spiro atoms. The van der Waals surface area contributed by atoms with Gasteiger partial charge in [-0.3, -0.25) is 0 Å². The van der Waals surface area contributed by atoms with Crippen LogP contribution in [0.1, 0.15) is 39.9 Å². The highest BCUT2D eigenvalue weighted by atomic mass is 79.9. The summed E-state index contributed by atoms with van der Waals surface area (Å²) in [5, 5.41) is 12.9. The molecule has 2 aliphatic rings. The zero-order valence-corrected chi connectivity index (χ0v) is 15.3. The van der Waals surface area contributed by atoms with Crippen molar-refractivity contribution in [1.29, 1.82) is 0 Å². The Labute approximate surface area is 154 Å². The van der Waals surface area contributed by atoms with Gasteiger partial charge in [0, 0.05) is 21.6 Å². The largest absolute Gasteiger partial charge is 0.496 e. The number of rotatable bonds is 3. The summed E-state index contributed by atoms with van der Waals surface area (Å²) in [6.07, 6.45) is 5.35. The first-order valence-corrected chi connectivity index (χ1v) is 9.01. The highest BCUT2D eigenvalue weighted by molar-refractivity contribution is 9.10. The molecule has 0 saturated carbocycles. The Balaban J connectivity index is 1.81. The van der Waals surface area contributed by atoms with Crippen LogP contribution in [0.15, 0.2) is 53.0 Å². The molecule has 25 heavy (non-hydrogen) atoms. The smallest absolute Gasteiger partial charge is 0.335 e. The molecule has 0 bridgehead atoms. The normalized spacial score (nSPS) is 23.5. The van der Waals surface area contributed by atoms with Crippen LogP contribution in [0.5, 0.6) is 5.75 Å². The Hall–Kier alpha value is -2.27. The molecule has 0 saturated heterocycles. The van der Waals surface area contributed by atoms with Gasteiger partial charge in [-0.2, -0.15) is 0 Å². The van der Waals surface area contributed by atoms with Crippen LogP contribution in [0.2, 0.25) is 0 Å². The minimum absolute atomic E-state index is 0.107. The molecule has 1 aliphatic carbocycles. The number of fused-ring (bicyclic) bond motifs is 3. The van der Waals surface area contributed by atoms with Gasteiger partial charge in [-0.05, 0) is 54.3 Å². The Bertz CT molecular complexity index is 877. The molecule has 2 aromatic rings. The number of carboxylic acid groups (broad SMARTS) is 1. The SMILES string of the molecule is COc1ccc(Br)cc1[C@H]1Nc2ccc(C(=O)O)cc2[C@H]2C=CC[C@H]21. The lowest BCUT2D eigenvalue weighted by Crippen LogP contribution is -2.29. The maximum atomic E-state index is 11.3. The number of allylic oxidation sites excluding steroid dienone is 2. The molecule has 4 nitrogen and oxygen atoms in total. The maximum absolute atomic E-state index is 11.3. The van der Waals surface area contributed by atoms with Gasteiger partial charge >= 0.3 is 5.97 Å². The number of benzene rings is 2. The van der Waals surface area contributed by atoms with Gasteiger partial charge < -0.3 is 15.2 Å². The number of hydrogen-bond acceptors (Lipinski definition) is 3. The van der Waals surface area contributed by atoms with E-state index in [4.69, 9.17) is 4.74 Å². The monoisotopic (exact) mass is 399 g/mol. The average molecular weight is 400 g/mol. The summed E-state index contributed by atoms with van der Waals surface area (Å²) in [5.74, 6) is 0.512. The number of aromatic carboxylic acids is 1. The predicted molar refractivity (Wildman–Crippen MR) is 100 cm³/mol. The number of carbonyl (C=O) groups is 1. The van der Waals surface area contributed by atoms with Gasteiger partial charge in [0.2, 0.25) is 0 Å². The first-order valence-electron chi connectivity index (χ1n) is 8.22. The number of anilines is 1. The summed E-state index contributed by atoms with van der Waals surface area (Å²) in [6, 6.07) is 11.5. The fourth-order valence-corrected chi connectivity index (χ4v) is 4.36. The van der Waals surface area contributed by atoms with E-state index in [2.05, 4.69) is 39.5 Å². The van der Waals surface area contributed by atoms with Crippen molar-refractivity contribution in [3.05, 3.63) is 69.7 Å². The lowest BCUT2D eigenvalue weighted by atomic mass is 9.76. The molecule has 1 aliphatic heterocycles. The summed E-state index contributed by atoms with van der Waals surface area (Å²) in [7, 11) is 1.69. The number of hydrogen-bond donors (Lipinski definition) is 2. The van der Waals surface area contributed by atoms with Gasteiger partial charge in [-0.1, -0.05) is 28.1 Å². The number of carboxylic acids is 1. The van der Waals surface area contributed by atoms with E-state index in [1.54, 1.807) is 19.2 Å². The Morgan fingerprint density at radius 3 is 2.84 bits per heavy atom. The minimum Gasteiger partial charge on any atom is -0.496 e. The van der Waals surface area contributed by atoms with Crippen molar-refractivity contribution in [3.63, 3.8) is 0 Å². The lowest BCUT2D eigenvalue weighted by Gasteiger charge is -2.38. The second-order valence-electron chi connectivity index (χ2n) is 6.47. The van der Waals surface area contributed by atoms with E-state index in [-0.39, 0.29) is 12.0 Å². The van der Waals surface area contributed by atoms with Gasteiger partial charge in [-0.15, -0.1) is 0 Å². The van der Waals surface area contributed by atoms with Crippen molar-refractivity contribution in [1.82, 2.24) is 0 Å². The fraction of sp³-hybridized carbons (Fsp3) is 0.250. The molecule has 2 aromatic carbocycles. The fourth-order valence-electron chi connectivity index (χ4n) is 3.98. The van der Waals surface area contributed by atoms with Crippen LogP contribution in [0, 0.1) is 5.92 Å². The third-order valence-corrected chi connectivity index (χ3v) is 5.63. The molecule has 1 heterocycles. The zero-order chi connectivity index (χ0) is 17.6. The first-order chi connectivity index (χ1) is 12.1. The standard InChI is InChI=1S/C20H18BrNO3/c1-25-18-8-6-12(21)10-16(18)19-14-4-2-3-13(14)15-9-11(20(23)24)5-7-17(15)22-19/h2-3,5-10,13-14,19,22H,4H2,1H3,(H,23,24)/t13-,14+,19-/m0/s1. The maximum Gasteiger partial charge on any atom is 0.335 e. The predicted octanol–water partition coefficient (Wildman–Crippen LogP) is 4.98. The van der Waals surface area contributed by atoms with Crippen LogP contribution in [0.25, 0.3) is 0 Å². The van der Waals surface area contributed by atoms with E-state index >= 15 is 0 Å². The van der Waals surface area contributed by atoms with Crippen molar-refractivity contribution in [2.24, 2.45) is 5.92 Å². The van der Waals surface area contributed by atoms with Crippen molar-refractivity contribution >= 4 is 27.6 Å². The molecule has 0 radical (unpaired) electrons. The van der Waals surface area contributed by atoms with Gasteiger partial charge in [-0.25, -0.2) is 4.79 Å². The molecule has 4 rings (SSSR count).